The molecule has 1 heterocycles. The van der Waals surface area contributed by atoms with Crippen molar-refractivity contribution in [3.63, 3.8) is 0 Å². The van der Waals surface area contributed by atoms with Crippen LogP contribution in [0.1, 0.15) is 6.92 Å². The molecule has 14 heavy (non-hydrogen) atoms. The standard InChI is InChI=1S/C8H13ClN4O/c1-5(3-14)13-8-6(10-2)7(9)11-4-12-8/h4-5,10,14H,3H2,1-2H3,(H,11,12,13). The zero-order valence-corrected chi connectivity index (χ0v) is 8.84. The summed E-state index contributed by atoms with van der Waals surface area (Å²) in [6.07, 6.45) is 1.37. The molecule has 0 aliphatic heterocycles. The molecule has 1 aromatic heterocycles. The fourth-order valence-corrected chi connectivity index (χ4v) is 1.20. The maximum atomic E-state index is 8.87. The van der Waals surface area contributed by atoms with E-state index in [2.05, 4.69) is 20.6 Å². The molecule has 0 amide bonds. The van der Waals surface area contributed by atoms with E-state index in [0.717, 1.165) is 0 Å². The van der Waals surface area contributed by atoms with Crippen LogP contribution in [0.25, 0.3) is 0 Å². The average Bonchev–Trinajstić information content (AvgIpc) is 2.18. The van der Waals surface area contributed by atoms with Gasteiger partial charge < -0.3 is 15.7 Å². The summed E-state index contributed by atoms with van der Waals surface area (Å²) in [7, 11) is 1.74. The van der Waals surface area contributed by atoms with Crippen molar-refractivity contribution in [2.24, 2.45) is 0 Å². The highest BCUT2D eigenvalue weighted by Crippen LogP contribution is 2.25. The molecule has 1 atom stereocenters. The van der Waals surface area contributed by atoms with Gasteiger partial charge in [0.2, 0.25) is 0 Å². The van der Waals surface area contributed by atoms with E-state index in [1.165, 1.54) is 6.33 Å². The topological polar surface area (TPSA) is 70.1 Å². The van der Waals surface area contributed by atoms with Crippen LogP contribution in [0.2, 0.25) is 5.15 Å². The predicted molar refractivity (Wildman–Crippen MR) is 56.8 cm³/mol. The normalized spacial score (nSPS) is 12.3. The maximum Gasteiger partial charge on any atom is 0.157 e. The van der Waals surface area contributed by atoms with Crippen molar-refractivity contribution < 1.29 is 5.11 Å². The molecule has 5 nitrogen and oxygen atoms in total. The number of aliphatic hydroxyl groups excluding tert-OH is 1. The largest absolute Gasteiger partial charge is 0.394 e. The Morgan fingerprint density at radius 2 is 2.29 bits per heavy atom. The van der Waals surface area contributed by atoms with Gasteiger partial charge in [-0.1, -0.05) is 11.6 Å². The number of rotatable bonds is 4. The molecule has 0 bridgehead atoms. The lowest BCUT2D eigenvalue weighted by molar-refractivity contribution is 0.281. The highest BCUT2D eigenvalue weighted by Gasteiger charge is 2.09. The second-order valence-electron chi connectivity index (χ2n) is 2.87. The van der Waals surface area contributed by atoms with Crippen LogP contribution in [0.15, 0.2) is 6.33 Å². The summed E-state index contributed by atoms with van der Waals surface area (Å²) in [5.74, 6) is 0.592. The summed E-state index contributed by atoms with van der Waals surface area (Å²) in [4.78, 5) is 7.85. The van der Waals surface area contributed by atoms with Gasteiger partial charge in [-0.15, -0.1) is 0 Å². The number of aromatic nitrogens is 2. The minimum atomic E-state index is -0.0759. The molecule has 0 aromatic carbocycles. The van der Waals surface area contributed by atoms with E-state index in [1.807, 2.05) is 6.92 Å². The Morgan fingerprint density at radius 3 is 2.86 bits per heavy atom. The molecule has 1 unspecified atom stereocenters. The van der Waals surface area contributed by atoms with Crippen molar-refractivity contribution in [1.82, 2.24) is 9.97 Å². The van der Waals surface area contributed by atoms with Gasteiger partial charge in [0.1, 0.15) is 12.0 Å². The Bertz CT molecular complexity index is 307. The Balaban J connectivity index is 2.90. The second kappa shape index (κ2) is 4.97. The lowest BCUT2D eigenvalue weighted by Crippen LogP contribution is -2.21. The molecule has 0 saturated heterocycles. The number of hydrogen-bond donors (Lipinski definition) is 3. The quantitative estimate of drug-likeness (QED) is 0.655. The molecule has 0 spiro atoms. The van der Waals surface area contributed by atoms with E-state index in [9.17, 15) is 0 Å². The minimum Gasteiger partial charge on any atom is -0.394 e. The van der Waals surface area contributed by atoms with Gasteiger partial charge >= 0.3 is 0 Å². The third kappa shape index (κ3) is 2.46. The van der Waals surface area contributed by atoms with E-state index < -0.39 is 0 Å². The van der Waals surface area contributed by atoms with Crippen LogP contribution in [-0.2, 0) is 0 Å². The third-order valence-corrected chi connectivity index (χ3v) is 1.99. The molecule has 3 N–H and O–H groups in total. The Hall–Kier alpha value is -1.07. The van der Waals surface area contributed by atoms with Crippen LogP contribution in [-0.4, -0.2) is 34.8 Å². The summed E-state index contributed by atoms with van der Waals surface area (Å²) >= 11 is 5.84. The Labute approximate surface area is 87.5 Å². The smallest absolute Gasteiger partial charge is 0.157 e. The average molecular weight is 217 g/mol. The van der Waals surface area contributed by atoms with E-state index in [-0.39, 0.29) is 12.6 Å². The fourth-order valence-electron chi connectivity index (χ4n) is 0.974. The van der Waals surface area contributed by atoms with Crippen molar-refractivity contribution in [3.05, 3.63) is 11.5 Å². The molecule has 0 aliphatic carbocycles. The molecular formula is C8H13ClN4O. The van der Waals surface area contributed by atoms with Crippen molar-refractivity contribution >= 4 is 23.1 Å². The van der Waals surface area contributed by atoms with Gasteiger partial charge in [0.05, 0.1) is 6.61 Å². The molecule has 78 valence electrons. The summed E-state index contributed by atoms with van der Waals surface area (Å²) in [5.41, 5.74) is 0.634. The first-order chi connectivity index (χ1) is 6.69. The lowest BCUT2D eigenvalue weighted by atomic mass is 10.3. The molecule has 0 aliphatic rings. The van der Waals surface area contributed by atoms with E-state index in [1.54, 1.807) is 7.05 Å². The highest BCUT2D eigenvalue weighted by molar-refractivity contribution is 6.32. The molecule has 6 heteroatoms. The van der Waals surface area contributed by atoms with Crippen molar-refractivity contribution in [2.45, 2.75) is 13.0 Å². The monoisotopic (exact) mass is 216 g/mol. The zero-order valence-electron chi connectivity index (χ0n) is 8.08. The predicted octanol–water partition coefficient (Wildman–Crippen LogP) is 0.964. The zero-order chi connectivity index (χ0) is 10.6. The van der Waals surface area contributed by atoms with Gasteiger partial charge in [-0.2, -0.15) is 0 Å². The van der Waals surface area contributed by atoms with Crippen LogP contribution < -0.4 is 10.6 Å². The summed E-state index contributed by atoms with van der Waals surface area (Å²) in [6.45, 7) is 1.88. The lowest BCUT2D eigenvalue weighted by Gasteiger charge is -2.14. The number of nitrogens with zero attached hydrogens (tertiary/aromatic N) is 2. The number of aliphatic hydroxyl groups is 1. The van der Waals surface area contributed by atoms with E-state index >= 15 is 0 Å². The van der Waals surface area contributed by atoms with Crippen molar-refractivity contribution in [3.8, 4) is 0 Å². The third-order valence-electron chi connectivity index (χ3n) is 1.71. The van der Waals surface area contributed by atoms with E-state index in [0.29, 0.717) is 16.7 Å². The number of nitrogens with one attached hydrogen (secondary N) is 2. The van der Waals surface area contributed by atoms with Crippen LogP contribution in [0.3, 0.4) is 0 Å². The van der Waals surface area contributed by atoms with Crippen LogP contribution in [0, 0.1) is 0 Å². The van der Waals surface area contributed by atoms with Gasteiger partial charge in [-0.05, 0) is 6.92 Å². The van der Waals surface area contributed by atoms with Gasteiger partial charge in [0.25, 0.3) is 0 Å². The van der Waals surface area contributed by atoms with Gasteiger partial charge in [0, 0.05) is 13.1 Å². The number of halogens is 1. The fraction of sp³-hybridized carbons (Fsp3) is 0.500. The number of anilines is 2. The molecule has 0 fully saturated rings. The molecular weight excluding hydrogens is 204 g/mol. The summed E-state index contributed by atoms with van der Waals surface area (Å²) < 4.78 is 0. The van der Waals surface area contributed by atoms with Gasteiger partial charge in [-0.25, -0.2) is 9.97 Å². The van der Waals surface area contributed by atoms with Gasteiger partial charge in [-0.3, -0.25) is 0 Å². The molecule has 0 saturated carbocycles. The van der Waals surface area contributed by atoms with Crippen molar-refractivity contribution in [1.29, 1.82) is 0 Å². The Morgan fingerprint density at radius 1 is 1.57 bits per heavy atom. The Kier molecular flexibility index (Phi) is 3.91. The first-order valence-electron chi connectivity index (χ1n) is 4.24. The minimum absolute atomic E-state index is 0.0325. The van der Waals surface area contributed by atoms with Crippen LogP contribution in [0.4, 0.5) is 11.5 Å². The maximum absolute atomic E-state index is 8.87. The first kappa shape index (κ1) is 11.0. The highest BCUT2D eigenvalue weighted by atomic mass is 35.5. The SMILES string of the molecule is CNc1c(Cl)ncnc1NC(C)CO. The van der Waals surface area contributed by atoms with Crippen LogP contribution in [0.5, 0.6) is 0 Å². The molecule has 1 aromatic rings. The van der Waals surface area contributed by atoms with Crippen molar-refractivity contribution in [2.75, 3.05) is 24.3 Å². The van der Waals surface area contributed by atoms with Gasteiger partial charge in [0.15, 0.2) is 11.0 Å². The van der Waals surface area contributed by atoms with Crippen LogP contribution >= 0.6 is 11.6 Å². The second-order valence-corrected chi connectivity index (χ2v) is 3.22. The summed E-state index contributed by atoms with van der Waals surface area (Å²) in [5, 5.41) is 15.1. The number of hydrogen-bond acceptors (Lipinski definition) is 5. The molecule has 1 rings (SSSR count). The molecule has 0 radical (unpaired) electrons. The summed E-state index contributed by atoms with van der Waals surface area (Å²) in [6, 6.07) is -0.0759. The van der Waals surface area contributed by atoms with E-state index in [4.69, 9.17) is 16.7 Å². The first-order valence-corrected chi connectivity index (χ1v) is 4.62.